The number of rotatable bonds is 9. The first-order valence-corrected chi connectivity index (χ1v) is 10.5. The lowest BCUT2D eigenvalue weighted by Gasteiger charge is -2.16. The van der Waals surface area contributed by atoms with E-state index < -0.39 is 53.1 Å². The van der Waals surface area contributed by atoms with Gasteiger partial charge in [0.15, 0.2) is 17.5 Å². The topological polar surface area (TPSA) is 79.8 Å². The summed E-state index contributed by atoms with van der Waals surface area (Å²) >= 11 is 1.85. The van der Waals surface area contributed by atoms with Crippen LogP contribution in [0.5, 0.6) is 5.75 Å². The molecule has 3 aromatic rings. The van der Waals surface area contributed by atoms with Gasteiger partial charge in [0, 0.05) is 3.57 Å². The van der Waals surface area contributed by atoms with E-state index in [0.29, 0.717) is 15.4 Å². The fourth-order valence-electron chi connectivity index (χ4n) is 2.64. The average molecular weight is 576 g/mol. The van der Waals surface area contributed by atoms with Crippen molar-refractivity contribution in [1.82, 2.24) is 5.48 Å². The maximum absolute atomic E-state index is 14.4. The van der Waals surface area contributed by atoms with E-state index in [4.69, 9.17) is 9.57 Å². The Labute approximate surface area is 199 Å². The number of aliphatic hydroxyl groups excluding tert-OH is 1. The van der Waals surface area contributed by atoms with Crippen LogP contribution >= 0.6 is 22.6 Å². The number of halogens is 5. The van der Waals surface area contributed by atoms with E-state index in [1.54, 1.807) is 30.3 Å². The Kier molecular flexibility index (Phi) is 8.47. The summed E-state index contributed by atoms with van der Waals surface area (Å²) in [5, 5.41) is 12.2. The number of benzene rings is 3. The molecule has 174 valence electrons. The second kappa shape index (κ2) is 11.3. The quantitative estimate of drug-likeness (QED) is 0.149. The molecule has 0 aliphatic heterocycles. The number of carbonyl (C=O) groups is 1. The molecule has 0 bridgehead atoms. The van der Waals surface area contributed by atoms with E-state index in [0.717, 1.165) is 6.07 Å². The smallest absolute Gasteiger partial charge is 0.277 e. The number of para-hydroxylation sites is 1. The van der Waals surface area contributed by atoms with Gasteiger partial charge in [-0.15, -0.1) is 0 Å². The number of hydrogen-bond donors (Lipinski definition) is 3. The van der Waals surface area contributed by atoms with Gasteiger partial charge in [-0.3, -0.25) is 9.63 Å². The first-order chi connectivity index (χ1) is 15.8. The Bertz CT molecular complexity index is 1140. The highest BCUT2D eigenvalue weighted by molar-refractivity contribution is 14.1. The van der Waals surface area contributed by atoms with E-state index >= 15 is 0 Å². The largest absolute Gasteiger partial charge is 0.491 e. The summed E-state index contributed by atoms with van der Waals surface area (Å²) in [7, 11) is 0. The Morgan fingerprint density at radius 3 is 2.39 bits per heavy atom. The first-order valence-electron chi connectivity index (χ1n) is 9.44. The standard InChI is InChI=1S/C22H17F4IN2O4/c23-16-8-12(27)6-7-18(16)28-21-15(9-17(24)19(25)20(21)26)22(31)29-33-11-13(30)10-32-14-4-2-1-3-5-14/h1-9,13,28,30H,10-11H2,(H,29,31). The Hall–Kier alpha value is -2.90. The third-order valence-electron chi connectivity index (χ3n) is 4.22. The zero-order valence-corrected chi connectivity index (χ0v) is 18.9. The fourth-order valence-corrected chi connectivity index (χ4v) is 3.09. The molecular formula is C22H17F4IN2O4. The molecule has 0 aromatic heterocycles. The molecule has 0 fully saturated rings. The monoisotopic (exact) mass is 576 g/mol. The predicted molar refractivity (Wildman–Crippen MR) is 120 cm³/mol. The van der Waals surface area contributed by atoms with Crippen molar-refractivity contribution in [2.45, 2.75) is 6.10 Å². The van der Waals surface area contributed by atoms with Gasteiger partial charge in [-0.2, -0.15) is 0 Å². The number of hydroxylamine groups is 1. The maximum Gasteiger partial charge on any atom is 0.277 e. The molecule has 3 rings (SSSR count). The molecule has 0 saturated heterocycles. The van der Waals surface area contributed by atoms with Gasteiger partial charge in [-0.05, 0) is 59.0 Å². The molecule has 33 heavy (non-hydrogen) atoms. The second-order valence-electron chi connectivity index (χ2n) is 6.68. The number of aliphatic hydroxyl groups is 1. The molecule has 0 saturated carbocycles. The van der Waals surface area contributed by atoms with Crippen molar-refractivity contribution in [1.29, 1.82) is 0 Å². The van der Waals surface area contributed by atoms with Gasteiger partial charge in [-0.1, -0.05) is 18.2 Å². The molecule has 0 heterocycles. The molecular weight excluding hydrogens is 559 g/mol. The summed E-state index contributed by atoms with van der Waals surface area (Å²) in [5.41, 5.74) is 0.176. The van der Waals surface area contributed by atoms with Crippen molar-refractivity contribution in [2.24, 2.45) is 0 Å². The van der Waals surface area contributed by atoms with Crippen molar-refractivity contribution in [3.8, 4) is 5.75 Å². The van der Waals surface area contributed by atoms with Crippen molar-refractivity contribution in [2.75, 3.05) is 18.5 Å². The average Bonchev–Trinajstić information content (AvgIpc) is 2.80. The fraction of sp³-hybridized carbons (Fsp3) is 0.136. The van der Waals surface area contributed by atoms with Gasteiger partial charge in [0.05, 0.1) is 16.9 Å². The molecule has 0 spiro atoms. The van der Waals surface area contributed by atoms with Crippen LogP contribution < -0.4 is 15.5 Å². The lowest BCUT2D eigenvalue weighted by atomic mass is 10.1. The van der Waals surface area contributed by atoms with Crippen LogP contribution in [0.25, 0.3) is 0 Å². The lowest BCUT2D eigenvalue weighted by Crippen LogP contribution is -2.31. The van der Waals surface area contributed by atoms with E-state index in [1.165, 1.54) is 12.1 Å². The zero-order chi connectivity index (χ0) is 24.0. The molecule has 0 aliphatic carbocycles. The SMILES string of the molecule is O=C(NOCC(O)COc1ccccc1)c1cc(F)c(F)c(F)c1Nc1ccc(I)cc1F. The summed E-state index contributed by atoms with van der Waals surface area (Å²) in [5.74, 6) is -6.62. The van der Waals surface area contributed by atoms with Crippen LogP contribution in [0.3, 0.4) is 0 Å². The Balaban J connectivity index is 1.67. The normalized spacial score (nSPS) is 11.7. The highest BCUT2D eigenvalue weighted by atomic mass is 127. The van der Waals surface area contributed by atoms with Crippen molar-refractivity contribution in [3.05, 3.63) is 87.0 Å². The van der Waals surface area contributed by atoms with Crippen LogP contribution in [-0.2, 0) is 4.84 Å². The molecule has 11 heteroatoms. The number of carbonyl (C=O) groups excluding carboxylic acids is 1. The summed E-state index contributed by atoms with van der Waals surface area (Å²) < 4.78 is 62.0. The van der Waals surface area contributed by atoms with E-state index in [2.05, 4.69) is 5.32 Å². The number of hydrogen-bond acceptors (Lipinski definition) is 5. The molecule has 6 nitrogen and oxygen atoms in total. The minimum Gasteiger partial charge on any atom is -0.491 e. The van der Waals surface area contributed by atoms with E-state index in [1.807, 2.05) is 28.1 Å². The third-order valence-corrected chi connectivity index (χ3v) is 4.89. The van der Waals surface area contributed by atoms with Crippen LogP contribution in [0.1, 0.15) is 10.4 Å². The third kappa shape index (κ3) is 6.55. The lowest BCUT2D eigenvalue weighted by molar-refractivity contribution is -0.0259. The van der Waals surface area contributed by atoms with Crippen LogP contribution in [0, 0.1) is 26.8 Å². The number of ether oxygens (including phenoxy) is 1. The first kappa shape index (κ1) is 24.7. The Morgan fingerprint density at radius 1 is 0.970 bits per heavy atom. The number of anilines is 2. The minimum atomic E-state index is -1.84. The molecule has 3 N–H and O–H groups in total. The van der Waals surface area contributed by atoms with Gasteiger partial charge < -0.3 is 15.2 Å². The second-order valence-corrected chi connectivity index (χ2v) is 7.92. The van der Waals surface area contributed by atoms with E-state index in [9.17, 15) is 27.5 Å². The predicted octanol–water partition coefficient (Wildman–Crippen LogP) is 4.69. The highest BCUT2D eigenvalue weighted by Gasteiger charge is 2.24. The molecule has 1 atom stereocenters. The van der Waals surface area contributed by atoms with Crippen molar-refractivity contribution >= 4 is 39.9 Å². The minimum absolute atomic E-state index is 0.154. The van der Waals surface area contributed by atoms with Crippen LogP contribution in [0.15, 0.2) is 54.6 Å². The molecule has 1 amide bonds. The zero-order valence-electron chi connectivity index (χ0n) is 16.7. The highest BCUT2D eigenvalue weighted by Crippen LogP contribution is 2.30. The molecule has 0 aliphatic rings. The summed E-state index contributed by atoms with van der Waals surface area (Å²) in [4.78, 5) is 17.3. The molecule has 3 aromatic carbocycles. The van der Waals surface area contributed by atoms with Crippen molar-refractivity contribution in [3.63, 3.8) is 0 Å². The Morgan fingerprint density at radius 2 is 1.70 bits per heavy atom. The molecule has 0 radical (unpaired) electrons. The maximum atomic E-state index is 14.4. The van der Waals surface area contributed by atoms with Crippen molar-refractivity contribution < 1.29 is 37.0 Å². The van der Waals surface area contributed by atoms with Gasteiger partial charge in [0.1, 0.15) is 30.9 Å². The van der Waals surface area contributed by atoms with Crippen LogP contribution in [0.2, 0.25) is 0 Å². The summed E-state index contributed by atoms with van der Waals surface area (Å²) in [6.45, 7) is -0.572. The number of nitrogens with one attached hydrogen (secondary N) is 2. The van der Waals surface area contributed by atoms with Crippen LogP contribution in [-0.4, -0.2) is 30.3 Å². The van der Waals surface area contributed by atoms with Crippen LogP contribution in [0.4, 0.5) is 28.9 Å². The summed E-state index contributed by atoms with van der Waals surface area (Å²) in [6, 6.07) is 12.9. The van der Waals surface area contributed by atoms with E-state index in [-0.39, 0.29) is 12.3 Å². The summed E-state index contributed by atoms with van der Waals surface area (Å²) in [6.07, 6.45) is -1.15. The van der Waals surface area contributed by atoms with Gasteiger partial charge in [0.2, 0.25) is 0 Å². The van der Waals surface area contributed by atoms with Gasteiger partial charge >= 0.3 is 0 Å². The molecule has 1 unspecified atom stereocenters. The van der Waals surface area contributed by atoms with Gasteiger partial charge in [-0.25, -0.2) is 23.0 Å². The number of amides is 1. The van der Waals surface area contributed by atoms with Gasteiger partial charge in [0.25, 0.3) is 5.91 Å².